The number of hydrogen-bond donors (Lipinski definition) is 0. The first kappa shape index (κ1) is 16.1. The average Bonchev–Trinajstić information content (AvgIpc) is 3.38. The highest BCUT2D eigenvalue weighted by Gasteiger charge is 2.45. The molecular formula is C20H27FN2O. The van der Waals surface area contributed by atoms with E-state index in [9.17, 15) is 9.18 Å². The van der Waals surface area contributed by atoms with Crippen LogP contribution in [0.5, 0.6) is 0 Å². The van der Waals surface area contributed by atoms with Gasteiger partial charge in [-0.3, -0.25) is 9.69 Å². The Balaban J connectivity index is 1.46. The number of likely N-dealkylation sites (tertiary alicyclic amines) is 2. The third kappa shape index (κ3) is 3.21. The van der Waals surface area contributed by atoms with Crippen molar-refractivity contribution in [3.8, 4) is 0 Å². The fourth-order valence-corrected chi connectivity index (χ4v) is 4.56. The Bertz CT molecular complexity index is 643. The number of piperidine rings is 2. The van der Waals surface area contributed by atoms with Gasteiger partial charge in [0.1, 0.15) is 5.82 Å². The van der Waals surface area contributed by atoms with Gasteiger partial charge in [-0.1, -0.05) is 12.1 Å². The van der Waals surface area contributed by atoms with Gasteiger partial charge in [-0.15, -0.1) is 0 Å². The summed E-state index contributed by atoms with van der Waals surface area (Å²) in [6.45, 7) is 5.56. The van der Waals surface area contributed by atoms with E-state index in [0.717, 1.165) is 43.6 Å². The summed E-state index contributed by atoms with van der Waals surface area (Å²) in [4.78, 5) is 16.8. The lowest BCUT2D eigenvalue weighted by Gasteiger charge is -2.48. The zero-order valence-corrected chi connectivity index (χ0v) is 14.6. The minimum Gasteiger partial charge on any atom is -0.339 e. The molecule has 0 radical (unpaired) electrons. The van der Waals surface area contributed by atoms with Crippen molar-refractivity contribution in [1.82, 2.24) is 9.80 Å². The summed E-state index contributed by atoms with van der Waals surface area (Å²) in [5, 5.41) is 0. The van der Waals surface area contributed by atoms with E-state index in [2.05, 4.69) is 9.80 Å². The largest absolute Gasteiger partial charge is 0.339 e. The molecule has 0 bridgehead atoms. The molecule has 24 heavy (non-hydrogen) atoms. The number of hydrogen-bond acceptors (Lipinski definition) is 2. The topological polar surface area (TPSA) is 23.6 Å². The highest BCUT2D eigenvalue weighted by molar-refractivity contribution is 5.78. The maximum Gasteiger partial charge on any atom is 0.222 e. The van der Waals surface area contributed by atoms with E-state index in [0.29, 0.717) is 24.9 Å². The van der Waals surface area contributed by atoms with Crippen LogP contribution in [0.4, 0.5) is 4.39 Å². The number of halogens is 1. The van der Waals surface area contributed by atoms with Crippen LogP contribution < -0.4 is 0 Å². The summed E-state index contributed by atoms with van der Waals surface area (Å²) in [6, 6.07) is 6.06. The van der Waals surface area contributed by atoms with Crippen LogP contribution in [0.3, 0.4) is 0 Å². The molecule has 3 fully saturated rings. The maximum absolute atomic E-state index is 14.2. The average molecular weight is 330 g/mol. The smallest absolute Gasteiger partial charge is 0.222 e. The highest BCUT2D eigenvalue weighted by Crippen LogP contribution is 2.42. The van der Waals surface area contributed by atoms with E-state index >= 15 is 0 Å². The molecule has 4 heteroatoms. The van der Waals surface area contributed by atoms with Gasteiger partial charge < -0.3 is 4.90 Å². The van der Waals surface area contributed by atoms with Gasteiger partial charge in [0.05, 0.1) is 0 Å². The molecular weight excluding hydrogens is 303 g/mol. The second-order valence-electron chi connectivity index (χ2n) is 8.16. The summed E-state index contributed by atoms with van der Waals surface area (Å²) < 4.78 is 14.2. The van der Waals surface area contributed by atoms with Crippen LogP contribution in [0.25, 0.3) is 0 Å². The van der Waals surface area contributed by atoms with E-state index in [-0.39, 0.29) is 11.2 Å². The van der Waals surface area contributed by atoms with Crippen LogP contribution in [0, 0.1) is 18.2 Å². The van der Waals surface area contributed by atoms with Crippen molar-refractivity contribution in [2.45, 2.75) is 58.0 Å². The molecule has 2 aliphatic heterocycles. The number of aryl methyl sites for hydroxylation is 1. The van der Waals surface area contributed by atoms with Gasteiger partial charge in [0.25, 0.3) is 0 Å². The highest BCUT2D eigenvalue weighted by atomic mass is 19.1. The molecule has 3 aliphatic rings. The predicted molar refractivity (Wildman–Crippen MR) is 92.1 cm³/mol. The third-order valence-electron chi connectivity index (χ3n) is 6.03. The van der Waals surface area contributed by atoms with E-state index in [1.54, 1.807) is 6.07 Å². The Morgan fingerprint density at radius 3 is 2.83 bits per heavy atom. The zero-order valence-electron chi connectivity index (χ0n) is 14.6. The summed E-state index contributed by atoms with van der Waals surface area (Å²) in [5.41, 5.74) is 2.00. The number of carbonyl (C=O) groups excluding carboxylic acids is 1. The lowest BCUT2D eigenvalue weighted by Crippen LogP contribution is -2.54. The molecule has 0 aromatic heterocycles. The molecule has 1 spiro atoms. The number of benzene rings is 1. The van der Waals surface area contributed by atoms with Gasteiger partial charge in [0.15, 0.2) is 0 Å². The van der Waals surface area contributed by atoms with Crippen molar-refractivity contribution in [2.75, 3.05) is 19.6 Å². The van der Waals surface area contributed by atoms with Crippen LogP contribution in [0.15, 0.2) is 18.2 Å². The molecule has 1 amide bonds. The molecule has 4 rings (SSSR count). The molecule has 1 saturated carbocycles. The minimum absolute atomic E-state index is 0.0898. The second-order valence-corrected chi connectivity index (χ2v) is 8.16. The zero-order chi connectivity index (χ0) is 16.7. The standard InChI is InChI=1S/C20H27FN2O/c1-15-3-4-16(18(21)11-15)12-22-10-2-8-20(13-22)9-7-19(24)23(14-20)17-5-6-17/h3-4,11,17H,2,5-10,12-14H2,1H3. The van der Waals surface area contributed by atoms with Crippen LogP contribution in [-0.2, 0) is 11.3 Å². The Kier molecular flexibility index (Phi) is 4.11. The normalized spacial score (nSPS) is 28.6. The van der Waals surface area contributed by atoms with Crippen LogP contribution in [0.2, 0.25) is 0 Å². The minimum atomic E-state index is -0.0898. The summed E-state index contributed by atoms with van der Waals surface area (Å²) in [7, 11) is 0. The molecule has 1 aliphatic carbocycles. The first-order valence-corrected chi connectivity index (χ1v) is 9.32. The van der Waals surface area contributed by atoms with Crippen molar-refractivity contribution < 1.29 is 9.18 Å². The Labute approximate surface area is 143 Å². The number of carbonyl (C=O) groups is 1. The molecule has 2 saturated heterocycles. The van der Waals surface area contributed by atoms with E-state index in [4.69, 9.17) is 0 Å². The first-order valence-electron chi connectivity index (χ1n) is 9.32. The second kappa shape index (κ2) is 6.14. The lowest BCUT2D eigenvalue weighted by atomic mass is 9.73. The third-order valence-corrected chi connectivity index (χ3v) is 6.03. The van der Waals surface area contributed by atoms with Gasteiger partial charge in [-0.25, -0.2) is 4.39 Å². The molecule has 1 unspecified atom stereocenters. The van der Waals surface area contributed by atoms with Crippen molar-refractivity contribution in [3.63, 3.8) is 0 Å². The molecule has 1 aromatic carbocycles. The molecule has 0 N–H and O–H groups in total. The fraction of sp³-hybridized carbons (Fsp3) is 0.650. The fourth-order valence-electron chi connectivity index (χ4n) is 4.56. The predicted octanol–water partition coefficient (Wildman–Crippen LogP) is 3.50. The Morgan fingerprint density at radius 2 is 2.08 bits per heavy atom. The Morgan fingerprint density at radius 1 is 1.25 bits per heavy atom. The van der Waals surface area contributed by atoms with Crippen molar-refractivity contribution in [3.05, 3.63) is 35.1 Å². The van der Waals surface area contributed by atoms with E-state index in [1.807, 2.05) is 19.1 Å². The molecule has 3 nitrogen and oxygen atoms in total. The van der Waals surface area contributed by atoms with Gasteiger partial charge in [0.2, 0.25) is 5.91 Å². The summed E-state index contributed by atoms with van der Waals surface area (Å²) in [5.74, 6) is 0.262. The van der Waals surface area contributed by atoms with Crippen molar-refractivity contribution >= 4 is 5.91 Å². The lowest BCUT2D eigenvalue weighted by molar-refractivity contribution is -0.140. The summed E-state index contributed by atoms with van der Waals surface area (Å²) in [6.07, 6.45) is 6.42. The summed E-state index contributed by atoms with van der Waals surface area (Å²) >= 11 is 0. The number of rotatable bonds is 3. The van der Waals surface area contributed by atoms with Crippen LogP contribution in [0.1, 0.15) is 49.7 Å². The molecule has 1 aromatic rings. The van der Waals surface area contributed by atoms with Crippen LogP contribution >= 0.6 is 0 Å². The van der Waals surface area contributed by atoms with E-state index < -0.39 is 0 Å². The van der Waals surface area contributed by atoms with Crippen molar-refractivity contribution in [1.29, 1.82) is 0 Å². The monoisotopic (exact) mass is 330 g/mol. The quantitative estimate of drug-likeness (QED) is 0.847. The first-order chi connectivity index (χ1) is 11.5. The van der Waals surface area contributed by atoms with Gasteiger partial charge in [-0.05, 0) is 57.2 Å². The number of nitrogens with zero attached hydrogens (tertiary/aromatic N) is 2. The number of amides is 1. The van der Waals surface area contributed by atoms with E-state index in [1.165, 1.54) is 19.3 Å². The van der Waals surface area contributed by atoms with Gasteiger partial charge in [0, 0.05) is 43.1 Å². The van der Waals surface area contributed by atoms with Crippen molar-refractivity contribution in [2.24, 2.45) is 5.41 Å². The Hall–Kier alpha value is -1.42. The van der Waals surface area contributed by atoms with Crippen LogP contribution in [-0.4, -0.2) is 41.4 Å². The van der Waals surface area contributed by atoms with Gasteiger partial charge >= 0.3 is 0 Å². The maximum atomic E-state index is 14.2. The molecule has 130 valence electrons. The van der Waals surface area contributed by atoms with Gasteiger partial charge in [-0.2, -0.15) is 0 Å². The molecule has 2 heterocycles. The molecule has 1 atom stereocenters. The SMILES string of the molecule is Cc1ccc(CN2CCCC3(CCC(=O)N(C4CC4)C3)C2)c(F)c1.